The van der Waals surface area contributed by atoms with Gasteiger partial charge in [0.15, 0.2) is 6.10 Å². The molecule has 1 amide bonds. The van der Waals surface area contributed by atoms with Crippen LogP contribution in [0.5, 0.6) is 5.75 Å². The van der Waals surface area contributed by atoms with Crippen molar-refractivity contribution in [3.05, 3.63) is 82.9 Å². The van der Waals surface area contributed by atoms with Gasteiger partial charge in [0, 0.05) is 59.0 Å². The van der Waals surface area contributed by atoms with Gasteiger partial charge in [-0.1, -0.05) is 29.8 Å². The zero-order chi connectivity index (χ0) is 24.2. The van der Waals surface area contributed by atoms with Crippen molar-refractivity contribution in [2.24, 2.45) is 0 Å². The van der Waals surface area contributed by atoms with Crippen LogP contribution in [-0.2, 0) is 16.8 Å². The van der Waals surface area contributed by atoms with Crippen LogP contribution >= 0.6 is 11.6 Å². The van der Waals surface area contributed by atoms with Gasteiger partial charge >= 0.3 is 0 Å². The van der Waals surface area contributed by atoms with Crippen molar-refractivity contribution in [1.82, 2.24) is 14.9 Å². The van der Waals surface area contributed by atoms with Gasteiger partial charge in [0.25, 0.3) is 5.91 Å². The molecular weight excluding hydrogens is 469 g/mol. The number of pyridine rings is 1. The van der Waals surface area contributed by atoms with E-state index in [1.807, 2.05) is 30.5 Å². The molecule has 2 N–H and O–H groups in total. The maximum atomic E-state index is 14.3. The minimum absolute atomic E-state index is 0.139. The second kappa shape index (κ2) is 8.36. The first kappa shape index (κ1) is 22.1. The molecule has 0 aliphatic carbocycles. The number of nitrogens with one attached hydrogen (secondary N) is 1. The number of hydrogen-bond donors (Lipinski definition) is 2. The molecule has 0 radical (unpaired) electrons. The molecule has 4 aromatic rings. The number of aliphatic hydroxyl groups is 1. The molecular formula is C27H23ClFN3O3. The number of hydrogen-bond acceptors (Lipinski definition) is 4. The summed E-state index contributed by atoms with van der Waals surface area (Å²) in [7, 11) is 0. The molecule has 178 valence electrons. The molecule has 1 unspecified atom stereocenters. The Morgan fingerprint density at radius 2 is 1.97 bits per heavy atom. The van der Waals surface area contributed by atoms with E-state index in [1.165, 1.54) is 6.07 Å². The average Bonchev–Trinajstić information content (AvgIpc) is 3.51. The van der Waals surface area contributed by atoms with Gasteiger partial charge < -0.3 is 19.7 Å². The lowest BCUT2D eigenvalue weighted by Crippen LogP contribution is -2.49. The Morgan fingerprint density at radius 3 is 2.77 bits per heavy atom. The zero-order valence-electron chi connectivity index (χ0n) is 18.8. The first-order chi connectivity index (χ1) is 16.9. The first-order valence-electron chi connectivity index (χ1n) is 11.6. The van der Waals surface area contributed by atoms with Crippen LogP contribution in [0, 0.1) is 5.82 Å². The third kappa shape index (κ3) is 3.75. The highest BCUT2D eigenvalue weighted by molar-refractivity contribution is 6.31. The van der Waals surface area contributed by atoms with Gasteiger partial charge in [-0.2, -0.15) is 0 Å². The van der Waals surface area contributed by atoms with E-state index in [4.69, 9.17) is 16.3 Å². The third-order valence-electron chi connectivity index (χ3n) is 7.10. The van der Waals surface area contributed by atoms with E-state index in [-0.39, 0.29) is 24.3 Å². The number of H-pyrrole nitrogens is 1. The van der Waals surface area contributed by atoms with Crippen molar-refractivity contribution in [3.63, 3.8) is 0 Å². The molecule has 6 nitrogen and oxygen atoms in total. The maximum absolute atomic E-state index is 14.3. The van der Waals surface area contributed by atoms with Crippen molar-refractivity contribution in [1.29, 1.82) is 0 Å². The first-order valence-corrected chi connectivity index (χ1v) is 12.0. The summed E-state index contributed by atoms with van der Waals surface area (Å²) >= 11 is 6.45. The van der Waals surface area contributed by atoms with Crippen LogP contribution in [0.3, 0.4) is 0 Å². The zero-order valence-corrected chi connectivity index (χ0v) is 19.6. The van der Waals surface area contributed by atoms with E-state index in [1.54, 1.807) is 29.3 Å². The van der Waals surface area contributed by atoms with Crippen molar-refractivity contribution in [2.45, 2.75) is 31.0 Å². The number of benzene rings is 2. The molecule has 35 heavy (non-hydrogen) atoms. The Hall–Kier alpha value is -3.42. The Bertz CT molecular complexity index is 1440. The fourth-order valence-corrected chi connectivity index (χ4v) is 5.51. The number of aromatic nitrogens is 2. The minimum atomic E-state index is -1.29. The molecule has 1 atom stereocenters. The molecule has 2 aromatic heterocycles. The van der Waals surface area contributed by atoms with E-state index in [0.29, 0.717) is 30.3 Å². The van der Waals surface area contributed by atoms with Crippen LogP contribution in [0.2, 0.25) is 5.02 Å². The molecule has 8 heteroatoms. The molecule has 0 spiro atoms. The summed E-state index contributed by atoms with van der Waals surface area (Å²) in [5.41, 5.74) is 2.39. The quantitative estimate of drug-likeness (QED) is 0.430. The Labute approximate surface area is 206 Å². The summed E-state index contributed by atoms with van der Waals surface area (Å²) in [6.45, 7) is 0.642. The number of nitrogens with zero attached hydrogens (tertiary/aromatic N) is 2. The molecule has 0 bridgehead atoms. The third-order valence-corrected chi connectivity index (χ3v) is 7.32. The van der Waals surface area contributed by atoms with Gasteiger partial charge in [0.05, 0.1) is 5.60 Å². The predicted octanol–water partition coefficient (Wildman–Crippen LogP) is 4.84. The number of amides is 1. The number of ether oxygens (including phenoxy) is 1. The van der Waals surface area contributed by atoms with Crippen molar-refractivity contribution in [3.8, 4) is 16.9 Å². The Morgan fingerprint density at radius 1 is 1.17 bits per heavy atom. The van der Waals surface area contributed by atoms with Gasteiger partial charge in [-0.3, -0.25) is 4.79 Å². The highest BCUT2D eigenvalue weighted by Gasteiger charge is 2.40. The predicted molar refractivity (Wildman–Crippen MR) is 131 cm³/mol. The summed E-state index contributed by atoms with van der Waals surface area (Å²) in [5, 5.41) is 12.6. The van der Waals surface area contributed by atoms with Crippen LogP contribution < -0.4 is 4.74 Å². The average molecular weight is 492 g/mol. The fraction of sp³-hybridized carbons (Fsp3) is 0.259. The molecule has 2 aliphatic heterocycles. The molecule has 2 aromatic carbocycles. The van der Waals surface area contributed by atoms with Crippen LogP contribution in [-0.4, -0.2) is 45.1 Å². The molecule has 1 saturated heterocycles. The molecule has 2 aliphatic rings. The number of fused-ring (bicyclic) bond motifs is 2. The van der Waals surface area contributed by atoms with Crippen molar-refractivity contribution < 1.29 is 19.0 Å². The Kier molecular flexibility index (Phi) is 5.27. The maximum Gasteiger partial charge on any atom is 0.263 e. The van der Waals surface area contributed by atoms with E-state index in [9.17, 15) is 14.3 Å². The lowest BCUT2D eigenvalue weighted by atomic mass is 9.84. The van der Waals surface area contributed by atoms with Gasteiger partial charge in [-0.05, 0) is 48.7 Å². The highest BCUT2D eigenvalue weighted by atomic mass is 35.5. The minimum Gasteiger partial charge on any atom is -0.479 e. The number of carbonyl (C=O) groups excluding carboxylic acids is 1. The lowest BCUT2D eigenvalue weighted by molar-refractivity contribution is -0.142. The largest absolute Gasteiger partial charge is 0.479 e. The Balaban J connectivity index is 1.23. The number of rotatable bonds is 3. The summed E-state index contributed by atoms with van der Waals surface area (Å²) < 4.78 is 20.5. The molecule has 1 fully saturated rings. The van der Waals surface area contributed by atoms with Gasteiger partial charge in [-0.15, -0.1) is 0 Å². The van der Waals surface area contributed by atoms with Crippen molar-refractivity contribution in [2.75, 3.05) is 13.1 Å². The molecule has 6 rings (SSSR count). The van der Waals surface area contributed by atoms with Gasteiger partial charge in [0.2, 0.25) is 0 Å². The topological polar surface area (TPSA) is 78.5 Å². The van der Waals surface area contributed by atoms with Gasteiger partial charge in [0.1, 0.15) is 17.2 Å². The normalized spacial score (nSPS) is 18.9. The highest BCUT2D eigenvalue weighted by Crippen LogP contribution is 2.43. The van der Waals surface area contributed by atoms with E-state index in [2.05, 4.69) is 9.97 Å². The van der Waals surface area contributed by atoms with Crippen LogP contribution in [0.25, 0.3) is 22.2 Å². The number of piperidine rings is 1. The molecule has 0 saturated carbocycles. The number of carbonyl (C=O) groups is 1. The van der Waals surface area contributed by atoms with Crippen LogP contribution in [0.15, 0.2) is 60.9 Å². The lowest BCUT2D eigenvalue weighted by Gasteiger charge is -2.39. The summed E-state index contributed by atoms with van der Waals surface area (Å²) in [5.74, 6) is 0.0862. The molecule has 4 heterocycles. The standard InChI is InChI=1S/C27H23ClFN3O3/c28-17-13-16-14-23(35-24(16)20(15-17)18-5-9-30-25-19(18)6-10-31-25)26(33)32-11-7-27(34,8-12-32)21-3-1-2-4-22(21)29/h1-6,9-10,13,15,23,34H,7-8,11-12,14H2,(H,30,31). The second-order valence-corrected chi connectivity index (χ2v) is 9.62. The van der Waals surface area contributed by atoms with Crippen molar-refractivity contribution >= 4 is 28.5 Å². The second-order valence-electron chi connectivity index (χ2n) is 9.19. The smallest absolute Gasteiger partial charge is 0.263 e. The monoisotopic (exact) mass is 491 g/mol. The number of likely N-dealkylation sites (tertiary alicyclic amines) is 1. The fourth-order valence-electron chi connectivity index (χ4n) is 5.27. The SMILES string of the molecule is O=C(C1Cc2cc(Cl)cc(-c3ccnc4[nH]ccc34)c2O1)N1CCC(O)(c2ccccc2F)CC1. The number of halogens is 2. The van der Waals surface area contributed by atoms with E-state index in [0.717, 1.165) is 27.7 Å². The van der Waals surface area contributed by atoms with E-state index >= 15 is 0 Å². The van der Waals surface area contributed by atoms with Crippen LogP contribution in [0.1, 0.15) is 24.0 Å². The summed E-state index contributed by atoms with van der Waals surface area (Å²) in [6, 6.07) is 13.8. The van der Waals surface area contributed by atoms with Gasteiger partial charge in [-0.25, -0.2) is 9.37 Å². The summed E-state index contributed by atoms with van der Waals surface area (Å²) in [6.07, 6.45) is 3.82. The van der Waals surface area contributed by atoms with Crippen LogP contribution in [0.4, 0.5) is 4.39 Å². The van der Waals surface area contributed by atoms with E-state index < -0.39 is 17.5 Å². The summed E-state index contributed by atoms with van der Waals surface area (Å²) in [4.78, 5) is 22.5. The number of aromatic amines is 1.